The molecule has 0 aromatic rings. The van der Waals surface area contributed by atoms with Crippen LogP contribution in [0.1, 0.15) is 59.3 Å². The van der Waals surface area contributed by atoms with E-state index in [4.69, 9.17) is 0 Å². The molecule has 2 bridgehead atoms. The number of aldehydes is 1. The molecule has 4 rings (SSSR count). The molecule has 116 valence electrons. The third kappa shape index (κ3) is 1.60. The van der Waals surface area contributed by atoms with Gasteiger partial charge in [0.05, 0.1) is 0 Å². The van der Waals surface area contributed by atoms with Gasteiger partial charge in [0.25, 0.3) is 0 Å². The van der Waals surface area contributed by atoms with Crippen LogP contribution in [0.3, 0.4) is 0 Å². The fourth-order valence-corrected chi connectivity index (χ4v) is 6.93. The van der Waals surface area contributed by atoms with Crippen LogP contribution in [0.15, 0.2) is 0 Å². The van der Waals surface area contributed by atoms with Crippen LogP contribution in [0, 0.1) is 46.3 Å². The second-order valence-electron chi connectivity index (χ2n) is 9.06. The first-order valence-corrected chi connectivity index (χ1v) is 8.92. The number of carbonyl (C=O) groups excluding carboxylic acids is 2. The molecule has 0 aromatic heterocycles. The molecule has 21 heavy (non-hydrogen) atoms. The van der Waals surface area contributed by atoms with Crippen molar-refractivity contribution in [1.29, 1.82) is 0 Å². The van der Waals surface area contributed by atoms with Crippen molar-refractivity contribution in [2.45, 2.75) is 59.3 Å². The lowest BCUT2D eigenvalue weighted by molar-refractivity contribution is -0.138. The van der Waals surface area contributed by atoms with Crippen molar-refractivity contribution in [1.82, 2.24) is 0 Å². The van der Waals surface area contributed by atoms with Gasteiger partial charge in [-0.05, 0) is 61.2 Å². The molecule has 0 heterocycles. The van der Waals surface area contributed by atoms with Gasteiger partial charge in [0.15, 0.2) is 0 Å². The summed E-state index contributed by atoms with van der Waals surface area (Å²) in [5.74, 6) is 3.14. The molecular weight excluding hydrogens is 260 g/mol. The first kappa shape index (κ1) is 14.0. The molecule has 1 unspecified atom stereocenters. The first-order valence-electron chi connectivity index (χ1n) is 8.92. The fraction of sp³-hybridized carbons (Fsp3) is 0.895. The lowest BCUT2D eigenvalue weighted by Gasteiger charge is -2.40. The summed E-state index contributed by atoms with van der Waals surface area (Å²) in [6.45, 7) is 7.02. The van der Waals surface area contributed by atoms with Crippen molar-refractivity contribution in [3.63, 3.8) is 0 Å². The smallest absolute Gasteiger partial charge is 0.142 e. The van der Waals surface area contributed by atoms with Crippen molar-refractivity contribution >= 4 is 12.1 Å². The Bertz CT molecular complexity index is 494. The van der Waals surface area contributed by atoms with Crippen LogP contribution < -0.4 is 0 Å². The lowest BCUT2D eigenvalue weighted by atomic mass is 9.62. The number of fused-ring (bicyclic) bond motifs is 3. The van der Waals surface area contributed by atoms with Gasteiger partial charge in [-0.1, -0.05) is 27.2 Å². The molecule has 0 saturated heterocycles. The molecule has 4 saturated carbocycles. The van der Waals surface area contributed by atoms with Gasteiger partial charge < -0.3 is 4.79 Å². The minimum absolute atomic E-state index is 0.0636. The zero-order chi connectivity index (χ0) is 15.0. The van der Waals surface area contributed by atoms with Gasteiger partial charge in [-0.2, -0.15) is 0 Å². The van der Waals surface area contributed by atoms with E-state index in [0.29, 0.717) is 34.9 Å². The summed E-state index contributed by atoms with van der Waals surface area (Å²) < 4.78 is 0. The van der Waals surface area contributed by atoms with E-state index in [1.165, 1.54) is 19.3 Å². The highest BCUT2D eigenvalue weighted by molar-refractivity contribution is 5.90. The number of hydrogen-bond acceptors (Lipinski definition) is 2. The highest BCUT2D eigenvalue weighted by Gasteiger charge is 2.69. The Morgan fingerprint density at radius 3 is 2.67 bits per heavy atom. The SMILES string of the molecule is C[C@@H]1C[C@@H]2[C@H]([C@@H]3CC(C=O)C[C@@H]4CCC[C@@]41C3=O)C2(C)C. The second-order valence-corrected chi connectivity index (χ2v) is 9.06. The normalized spacial score (nSPS) is 54.1. The number of Topliss-reactive ketones (excluding diaryl/α,β-unsaturated/α-hetero) is 1. The molecule has 2 nitrogen and oxygen atoms in total. The average Bonchev–Trinajstić information content (AvgIpc) is 2.83. The van der Waals surface area contributed by atoms with Crippen molar-refractivity contribution in [3.8, 4) is 0 Å². The fourth-order valence-electron chi connectivity index (χ4n) is 6.93. The van der Waals surface area contributed by atoms with Crippen molar-refractivity contribution in [2.75, 3.05) is 0 Å². The van der Waals surface area contributed by atoms with E-state index < -0.39 is 0 Å². The predicted octanol–water partition coefficient (Wildman–Crippen LogP) is 3.88. The summed E-state index contributed by atoms with van der Waals surface area (Å²) in [6.07, 6.45) is 7.68. The summed E-state index contributed by atoms with van der Waals surface area (Å²) in [7, 11) is 0. The Morgan fingerprint density at radius 2 is 1.95 bits per heavy atom. The molecule has 1 spiro atoms. The molecule has 0 radical (unpaired) electrons. The van der Waals surface area contributed by atoms with Crippen LogP contribution in [0.5, 0.6) is 0 Å². The summed E-state index contributed by atoms with van der Waals surface area (Å²) >= 11 is 0. The van der Waals surface area contributed by atoms with Crippen LogP contribution in [0.25, 0.3) is 0 Å². The van der Waals surface area contributed by atoms with Gasteiger partial charge in [0.1, 0.15) is 12.1 Å². The van der Waals surface area contributed by atoms with Crippen molar-refractivity contribution in [2.24, 2.45) is 46.3 Å². The molecule has 0 amide bonds. The Hall–Kier alpha value is -0.660. The predicted molar refractivity (Wildman–Crippen MR) is 81.6 cm³/mol. The minimum Gasteiger partial charge on any atom is -0.303 e. The van der Waals surface area contributed by atoms with E-state index in [9.17, 15) is 9.59 Å². The molecule has 0 N–H and O–H groups in total. The lowest BCUT2D eigenvalue weighted by Crippen LogP contribution is -2.42. The second kappa shape index (κ2) is 4.20. The van der Waals surface area contributed by atoms with Gasteiger partial charge in [0.2, 0.25) is 0 Å². The molecule has 0 aromatic carbocycles. The third-order valence-electron chi connectivity index (χ3n) is 8.06. The highest BCUT2D eigenvalue weighted by Crippen LogP contribution is 2.72. The zero-order valence-electron chi connectivity index (χ0n) is 13.6. The molecule has 2 heteroatoms. The van der Waals surface area contributed by atoms with E-state index in [0.717, 1.165) is 25.5 Å². The van der Waals surface area contributed by atoms with Gasteiger partial charge in [0, 0.05) is 17.3 Å². The molecule has 4 aliphatic rings. The summed E-state index contributed by atoms with van der Waals surface area (Å²) in [4.78, 5) is 25.1. The standard InChI is InChI=1S/C19H28O2/c1-11-7-15-16(18(15,2)3)14-9-12(10-20)8-13-5-4-6-19(11,13)17(14)21/h10-16H,4-9H2,1-3H3/t11-,12?,13+,14+,15-,16+,19+/m1/s1. The highest BCUT2D eigenvalue weighted by atomic mass is 16.1. The average molecular weight is 288 g/mol. The van der Waals surface area contributed by atoms with Crippen molar-refractivity contribution < 1.29 is 9.59 Å². The molecular formula is C19H28O2. The first-order chi connectivity index (χ1) is 9.92. The van der Waals surface area contributed by atoms with E-state index in [-0.39, 0.29) is 17.3 Å². The van der Waals surface area contributed by atoms with E-state index in [2.05, 4.69) is 20.8 Å². The molecule has 4 fully saturated rings. The van der Waals surface area contributed by atoms with Crippen LogP contribution in [-0.4, -0.2) is 12.1 Å². The largest absolute Gasteiger partial charge is 0.303 e. The van der Waals surface area contributed by atoms with Crippen molar-refractivity contribution in [3.05, 3.63) is 0 Å². The Kier molecular flexibility index (Phi) is 2.80. The summed E-state index contributed by atoms with van der Waals surface area (Å²) in [5, 5.41) is 0. The van der Waals surface area contributed by atoms with E-state index in [1.54, 1.807) is 0 Å². The maximum Gasteiger partial charge on any atom is 0.142 e. The third-order valence-corrected chi connectivity index (χ3v) is 8.06. The van der Waals surface area contributed by atoms with Gasteiger partial charge in [-0.3, -0.25) is 4.79 Å². The van der Waals surface area contributed by atoms with Crippen LogP contribution >= 0.6 is 0 Å². The molecule has 7 atom stereocenters. The quantitative estimate of drug-likeness (QED) is 0.686. The number of ketones is 1. The van der Waals surface area contributed by atoms with E-state index in [1.807, 2.05) is 0 Å². The van der Waals surface area contributed by atoms with Gasteiger partial charge in [-0.25, -0.2) is 0 Å². The van der Waals surface area contributed by atoms with Crippen LogP contribution in [-0.2, 0) is 9.59 Å². The number of hydrogen-bond donors (Lipinski definition) is 0. The molecule has 0 aliphatic heterocycles. The van der Waals surface area contributed by atoms with Crippen LogP contribution in [0.2, 0.25) is 0 Å². The monoisotopic (exact) mass is 288 g/mol. The molecule has 4 aliphatic carbocycles. The maximum absolute atomic E-state index is 13.5. The topological polar surface area (TPSA) is 34.1 Å². The number of carbonyl (C=O) groups is 2. The maximum atomic E-state index is 13.5. The Balaban J connectivity index is 1.81. The van der Waals surface area contributed by atoms with Gasteiger partial charge >= 0.3 is 0 Å². The van der Waals surface area contributed by atoms with Gasteiger partial charge in [-0.15, -0.1) is 0 Å². The summed E-state index contributed by atoms with van der Waals surface area (Å²) in [5.41, 5.74) is 0.258. The zero-order valence-corrected chi connectivity index (χ0v) is 13.6. The van der Waals surface area contributed by atoms with E-state index >= 15 is 0 Å². The number of rotatable bonds is 1. The Labute approximate surface area is 128 Å². The van der Waals surface area contributed by atoms with Crippen LogP contribution in [0.4, 0.5) is 0 Å². The minimum atomic E-state index is -0.0636. The summed E-state index contributed by atoms with van der Waals surface area (Å²) in [6, 6.07) is 0. The Morgan fingerprint density at radius 1 is 1.19 bits per heavy atom.